The van der Waals surface area contributed by atoms with Crippen molar-refractivity contribution in [3.05, 3.63) is 51.4 Å². The number of benzene rings is 1. The first kappa shape index (κ1) is 21.2. The Balaban J connectivity index is 0.00000280. The fourth-order valence-electron chi connectivity index (χ4n) is 2.69. The lowest BCUT2D eigenvalue weighted by molar-refractivity contribution is -0.116. The second kappa shape index (κ2) is 8.72. The molecule has 10 nitrogen and oxygen atoms in total. The first-order valence-corrected chi connectivity index (χ1v) is 8.26. The van der Waals surface area contributed by atoms with E-state index >= 15 is 0 Å². The summed E-state index contributed by atoms with van der Waals surface area (Å²) in [6.07, 6.45) is 1.45. The number of carbonyl (C=O) groups excluding carboxylic acids is 1. The summed E-state index contributed by atoms with van der Waals surface area (Å²) >= 11 is 0. The minimum Gasteiger partial charge on any atom is -0.492 e. The van der Waals surface area contributed by atoms with E-state index in [1.165, 1.54) is 22.5 Å². The van der Waals surface area contributed by atoms with Crippen molar-refractivity contribution in [2.75, 3.05) is 18.5 Å². The number of amides is 1. The monoisotopic (exact) mass is 408 g/mol. The van der Waals surface area contributed by atoms with Crippen molar-refractivity contribution in [3.8, 4) is 5.75 Å². The summed E-state index contributed by atoms with van der Waals surface area (Å²) < 4.78 is 9.01. The van der Waals surface area contributed by atoms with Crippen LogP contribution < -0.4 is 27.0 Å². The molecular weight excluding hydrogens is 388 g/mol. The van der Waals surface area contributed by atoms with E-state index < -0.39 is 23.7 Å². The molecule has 3 N–H and O–H groups in total. The lowest BCUT2D eigenvalue weighted by Gasteiger charge is -2.10. The molecule has 0 aliphatic heterocycles. The van der Waals surface area contributed by atoms with Crippen molar-refractivity contribution in [3.63, 3.8) is 0 Å². The molecule has 0 aliphatic rings. The second-order valence-corrected chi connectivity index (χ2v) is 5.97. The van der Waals surface area contributed by atoms with Crippen molar-refractivity contribution in [2.45, 2.75) is 6.54 Å². The van der Waals surface area contributed by atoms with E-state index in [2.05, 4.69) is 10.3 Å². The highest BCUT2D eigenvalue weighted by Crippen LogP contribution is 2.15. The van der Waals surface area contributed by atoms with Gasteiger partial charge in [0.2, 0.25) is 5.91 Å². The number of anilines is 1. The third-order valence-corrected chi connectivity index (χ3v) is 4.03. The maximum absolute atomic E-state index is 12.6. The van der Waals surface area contributed by atoms with Gasteiger partial charge in [0, 0.05) is 26.3 Å². The predicted octanol–water partition coefficient (Wildman–Crippen LogP) is -0.168. The third-order valence-electron chi connectivity index (χ3n) is 4.03. The zero-order valence-electron chi connectivity index (χ0n) is 15.4. The third kappa shape index (κ3) is 4.07. The van der Waals surface area contributed by atoms with E-state index in [1.807, 2.05) is 0 Å². The summed E-state index contributed by atoms with van der Waals surface area (Å²) in [5, 5.41) is 2.65. The topological polar surface area (TPSA) is 126 Å². The maximum Gasteiger partial charge on any atom is 0.332 e. The van der Waals surface area contributed by atoms with Gasteiger partial charge in [-0.15, -0.1) is 12.4 Å². The van der Waals surface area contributed by atoms with Crippen LogP contribution in [-0.4, -0.2) is 37.7 Å². The quantitative estimate of drug-likeness (QED) is 0.583. The minimum atomic E-state index is -0.605. The number of imidazole rings is 1. The van der Waals surface area contributed by atoms with Gasteiger partial charge < -0.3 is 20.4 Å². The van der Waals surface area contributed by atoms with Gasteiger partial charge in [-0.1, -0.05) is 0 Å². The molecule has 28 heavy (non-hydrogen) atoms. The number of aromatic nitrogens is 4. The molecule has 2 aromatic heterocycles. The Morgan fingerprint density at radius 1 is 1.21 bits per heavy atom. The van der Waals surface area contributed by atoms with E-state index in [9.17, 15) is 14.4 Å². The van der Waals surface area contributed by atoms with E-state index in [-0.39, 0.29) is 23.6 Å². The molecule has 0 saturated heterocycles. The first-order valence-electron chi connectivity index (χ1n) is 8.26. The highest BCUT2D eigenvalue weighted by atomic mass is 35.5. The molecule has 1 amide bonds. The summed E-state index contributed by atoms with van der Waals surface area (Å²) in [5.41, 5.74) is 5.26. The van der Waals surface area contributed by atoms with Crippen molar-refractivity contribution in [1.29, 1.82) is 0 Å². The zero-order valence-corrected chi connectivity index (χ0v) is 16.2. The number of ether oxygens (including phenoxy) is 1. The van der Waals surface area contributed by atoms with E-state index in [1.54, 1.807) is 31.3 Å². The van der Waals surface area contributed by atoms with Crippen molar-refractivity contribution in [2.24, 2.45) is 19.8 Å². The molecule has 3 rings (SSSR count). The van der Waals surface area contributed by atoms with Gasteiger partial charge in [-0.2, -0.15) is 0 Å². The number of hydrogen-bond donors (Lipinski definition) is 2. The summed E-state index contributed by atoms with van der Waals surface area (Å²) in [6, 6.07) is 6.71. The SMILES string of the molecule is Cl.Cn1cnc2c1c(=O)n(CC(=O)Nc1ccc(OCCN)cc1)c(=O)n2C. The van der Waals surface area contributed by atoms with Crippen LogP contribution in [0.1, 0.15) is 0 Å². The Bertz CT molecular complexity index is 1100. The van der Waals surface area contributed by atoms with Gasteiger partial charge in [0.25, 0.3) is 5.56 Å². The fourth-order valence-corrected chi connectivity index (χ4v) is 2.69. The van der Waals surface area contributed by atoms with Crippen LogP contribution in [0.2, 0.25) is 0 Å². The van der Waals surface area contributed by atoms with Crippen LogP contribution in [0.4, 0.5) is 5.69 Å². The average Bonchev–Trinajstić information content (AvgIpc) is 3.05. The van der Waals surface area contributed by atoms with Crippen molar-refractivity contribution < 1.29 is 9.53 Å². The van der Waals surface area contributed by atoms with E-state index in [4.69, 9.17) is 10.5 Å². The highest BCUT2D eigenvalue weighted by molar-refractivity contribution is 5.90. The largest absolute Gasteiger partial charge is 0.492 e. The maximum atomic E-state index is 12.6. The van der Waals surface area contributed by atoms with E-state index in [0.717, 1.165) is 4.57 Å². The number of nitrogens with two attached hydrogens (primary N) is 1. The Morgan fingerprint density at radius 3 is 2.54 bits per heavy atom. The molecule has 0 aliphatic carbocycles. The second-order valence-electron chi connectivity index (χ2n) is 5.97. The molecule has 150 valence electrons. The number of nitrogens with one attached hydrogen (secondary N) is 1. The highest BCUT2D eigenvalue weighted by Gasteiger charge is 2.17. The van der Waals surface area contributed by atoms with Crippen molar-refractivity contribution in [1.82, 2.24) is 18.7 Å². The Hall–Kier alpha value is -3.11. The molecule has 11 heteroatoms. The number of fused-ring (bicyclic) bond motifs is 1. The number of nitrogens with zero attached hydrogens (tertiary/aromatic N) is 4. The number of carbonyl (C=O) groups is 1. The molecule has 0 fully saturated rings. The van der Waals surface area contributed by atoms with Gasteiger partial charge in [-0.3, -0.25) is 14.2 Å². The van der Waals surface area contributed by atoms with Crippen LogP contribution in [0.25, 0.3) is 11.2 Å². The number of hydrogen-bond acceptors (Lipinski definition) is 6. The smallest absolute Gasteiger partial charge is 0.332 e. The van der Waals surface area contributed by atoms with Gasteiger partial charge in [0.1, 0.15) is 18.9 Å². The first-order chi connectivity index (χ1) is 12.9. The van der Waals surface area contributed by atoms with Crippen LogP contribution in [0.3, 0.4) is 0 Å². The minimum absolute atomic E-state index is 0. The number of rotatable bonds is 6. The molecule has 0 radical (unpaired) electrons. The summed E-state index contributed by atoms with van der Waals surface area (Å²) in [5.74, 6) is 0.136. The number of halogens is 1. The molecular formula is C17H21ClN6O4. The molecule has 0 atom stereocenters. The van der Waals surface area contributed by atoms with Crippen LogP contribution >= 0.6 is 12.4 Å². The lowest BCUT2D eigenvalue weighted by Crippen LogP contribution is -2.42. The van der Waals surface area contributed by atoms with E-state index in [0.29, 0.717) is 24.6 Å². The van der Waals surface area contributed by atoms with Gasteiger partial charge in [0.05, 0.1) is 6.33 Å². The summed E-state index contributed by atoms with van der Waals surface area (Å²) in [6.45, 7) is 0.398. The molecule has 0 unspecified atom stereocenters. The van der Waals surface area contributed by atoms with Crippen LogP contribution in [0.15, 0.2) is 40.2 Å². The standard InChI is InChI=1S/C17H20N6O4.ClH/c1-21-10-19-15-14(21)16(25)23(17(26)22(15)2)9-13(24)20-11-3-5-12(6-4-11)27-8-7-18;/h3-6,10H,7-9,18H2,1-2H3,(H,20,24);1H. The summed E-state index contributed by atoms with van der Waals surface area (Å²) in [4.78, 5) is 41.4. The van der Waals surface area contributed by atoms with Crippen LogP contribution in [-0.2, 0) is 25.4 Å². The molecule has 2 heterocycles. The van der Waals surface area contributed by atoms with Crippen molar-refractivity contribution >= 4 is 35.2 Å². The van der Waals surface area contributed by atoms with Gasteiger partial charge >= 0.3 is 5.69 Å². The van der Waals surface area contributed by atoms with Gasteiger partial charge in [0.15, 0.2) is 11.2 Å². The molecule has 0 saturated carbocycles. The predicted molar refractivity (Wildman–Crippen MR) is 107 cm³/mol. The molecule has 0 bridgehead atoms. The average molecular weight is 409 g/mol. The summed E-state index contributed by atoms with van der Waals surface area (Å²) in [7, 11) is 3.16. The van der Waals surface area contributed by atoms with Gasteiger partial charge in [-0.25, -0.2) is 14.3 Å². The Labute approximate surface area is 165 Å². The van der Waals surface area contributed by atoms with Crippen LogP contribution in [0, 0.1) is 0 Å². The Morgan fingerprint density at radius 2 is 1.89 bits per heavy atom. The molecule has 1 aromatic carbocycles. The number of aryl methyl sites for hydroxylation is 2. The molecule has 3 aromatic rings. The molecule has 0 spiro atoms. The normalized spacial score (nSPS) is 10.5. The Kier molecular flexibility index (Phi) is 6.60. The van der Waals surface area contributed by atoms with Crippen LogP contribution in [0.5, 0.6) is 5.75 Å². The zero-order chi connectivity index (χ0) is 19.6. The fraction of sp³-hybridized carbons (Fsp3) is 0.294. The van der Waals surface area contributed by atoms with Gasteiger partial charge in [-0.05, 0) is 24.3 Å². The lowest BCUT2D eigenvalue weighted by atomic mass is 10.3.